The van der Waals surface area contributed by atoms with Crippen LogP contribution in [0.1, 0.15) is 24.2 Å². The van der Waals surface area contributed by atoms with Gasteiger partial charge >= 0.3 is 0 Å². The van der Waals surface area contributed by atoms with Crippen molar-refractivity contribution < 1.29 is 0 Å². The molecule has 1 aromatic heterocycles. The van der Waals surface area contributed by atoms with Gasteiger partial charge in [-0.25, -0.2) is 4.98 Å². The Kier molecular flexibility index (Phi) is 4.02. The Balaban J connectivity index is 1.60. The Bertz CT molecular complexity index is 555. The lowest BCUT2D eigenvalue weighted by Crippen LogP contribution is -2.18. The lowest BCUT2D eigenvalue weighted by Gasteiger charge is -2.15. The molecule has 4 heteroatoms. The lowest BCUT2D eigenvalue weighted by atomic mass is 10.2. The zero-order valence-corrected chi connectivity index (χ0v) is 12.0. The van der Waals surface area contributed by atoms with E-state index >= 15 is 0 Å². The summed E-state index contributed by atoms with van der Waals surface area (Å²) in [6, 6.07) is 8.72. The first-order chi connectivity index (χ1) is 9.81. The van der Waals surface area contributed by atoms with E-state index in [0.717, 1.165) is 18.9 Å². The first-order valence-electron chi connectivity index (χ1n) is 7.32. The molecule has 0 bridgehead atoms. The average Bonchev–Trinajstić information content (AvgIpc) is 3.09. The van der Waals surface area contributed by atoms with E-state index in [-0.39, 0.29) is 0 Å². The van der Waals surface area contributed by atoms with Crippen molar-refractivity contribution in [2.45, 2.75) is 25.9 Å². The van der Waals surface area contributed by atoms with Crippen molar-refractivity contribution in [1.82, 2.24) is 14.5 Å². The van der Waals surface area contributed by atoms with Crippen LogP contribution in [0.2, 0.25) is 0 Å². The van der Waals surface area contributed by atoms with Crippen molar-refractivity contribution in [1.29, 1.82) is 0 Å². The first kappa shape index (κ1) is 13.2. The number of benzene rings is 1. The van der Waals surface area contributed by atoms with Crippen LogP contribution in [0.4, 0.5) is 5.69 Å². The van der Waals surface area contributed by atoms with Crippen LogP contribution in [0.25, 0.3) is 0 Å². The molecule has 0 saturated carbocycles. The molecule has 106 valence electrons. The number of likely N-dealkylation sites (tertiary alicyclic amines) is 1. The van der Waals surface area contributed by atoms with Gasteiger partial charge in [0.15, 0.2) is 0 Å². The summed E-state index contributed by atoms with van der Waals surface area (Å²) < 4.78 is 2.04. The Labute approximate surface area is 120 Å². The Morgan fingerprint density at radius 1 is 1.25 bits per heavy atom. The number of aromatic nitrogens is 2. The van der Waals surface area contributed by atoms with Crippen LogP contribution in [0.3, 0.4) is 0 Å². The number of hydrogen-bond donors (Lipinski definition) is 1. The molecular formula is C16H22N4. The van der Waals surface area contributed by atoms with E-state index in [9.17, 15) is 0 Å². The molecule has 1 N–H and O–H groups in total. The smallest absolute Gasteiger partial charge is 0.127 e. The van der Waals surface area contributed by atoms with Crippen molar-refractivity contribution in [2.75, 3.05) is 18.4 Å². The SMILES string of the molecule is Cn1ccnc1CNc1cccc(CN2CCCC2)c1. The summed E-state index contributed by atoms with van der Waals surface area (Å²) in [5.41, 5.74) is 2.56. The quantitative estimate of drug-likeness (QED) is 0.906. The number of anilines is 1. The molecule has 1 aliphatic heterocycles. The number of imidazole rings is 1. The molecule has 0 unspecified atom stereocenters. The second kappa shape index (κ2) is 6.09. The molecule has 0 radical (unpaired) electrons. The van der Waals surface area contributed by atoms with Crippen molar-refractivity contribution in [3.8, 4) is 0 Å². The second-order valence-corrected chi connectivity index (χ2v) is 5.49. The maximum absolute atomic E-state index is 4.33. The normalized spacial score (nSPS) is 15.7. The van der Waals surface area contributed by atoms with Gasteiger partial charge in [-0.15, -0.1) is 0 Å². The van der Waals surface area contributed by atoms with E-state index in [1.165, 1.54) is 37.2 Å². The van der Waals surface area contributed by atoms with Gasteiger partial charge in [0, 0.05) is 31.7 Å². The monoisotopic (exact) mass is 270 g/mol. The van der Waals surface area contributed by atoms with Gasteiger partial charge in [0.25, 0.3) is 0 Å². The molecule has 20 heavy (non-hydrogen) atoms. The number of nitrogens with zero attached hydrogens (tertiary/aromatic N) is 3. The highest BCUT2D eigenvalue weighted by molar-refractivity contribution is 5.45. The van der Waals surface area contributed by atoms with Gasteiger partial charge in [0.05, 0.1) is 6.54 Å². The highest BCUT2D eigenvalue weighted by atomic mass is 15.1. The highest BCUT2D eigenvalue weighted by Gasteiger charge is 2.11. The van der Waals surface area contributed by atoms with E-state index < -0.39 is 0 Å². The number of rotatable bonds is 5. The van der Waals surface area contributed by atoms with Crippen LogP contribution < -0.4 is 5.32 Å². The van der Waals surface area contributed by atoms with Gasteiger partial charge in [-0.05, 0) is 43.6 Å². The fraction of sp³-hybridized carbons (Fsp3) is 0.438. The van der Waals surface area contributed by atoms with Crippen LogP contribution >= 0.6 is 0 Å². The van der Waals surface area contributed by atoms with Crippen molar-refractivity contribution >= 4 is 5.69 Å². The van der Waals surface area contributed by atoms with Gasteiger partial charge in [-0.1, -0.05) is 12.1 Å². The molecule has 2 aromatic rings. The number of nitrogens with one attached hydrogen (secondary N) is 1. The van der Waals surface area contributed by atoms with E-state index in [4.69, 9.17) is 0 Å². The third-order valence-corrected chi connectivity index (χ3v) is 3.90. The standard InChI is InChI=1S/C16H22N4/c1-19-10-7-17-16(19)12-18-15-6-4-5-14(11-15)13-20-8-2-3-9-20/h4-7,10-11,18H,2-3,8-9,12-13H2,1H3. The minimum Gasteiger partial charge on any atom is -0.378 e. The molecule has 0 spiro atoms. The summed E-state index contributed by atoms with van der Waals surface area (Å²) in [5, 5.41) is 3.45. The molecular weight excluding hydrogens is 248 g/mol. The van der Waals surface area contributed by atoms with E-state index in [1.807, 2.05) is 24.0 Å². The fourth-order valence-corrected chi connectivity index (χ4v) is 2.73. The third kappa shape index (κ3) is 3.20. The summed E-state index contributed by atoms with van der Waals surface area (Å²) in [4.78, 5) is 6.85. The largest absolute Gasteiger partial charge is 0.378 e. The fourth-order valence-electron chi connectivity index (χ4n) is 2.73. The second-order valence-electron chi connectivity index (χ2n) is 5.49. The molecule has 1 aliphatic rings. The Hall–Kier alpha value is -1.81. The summed E-state index contributed by atoms with van der Waals surface area (Å²) in [5.74, 6) is 1.05. The van der Waals surface area contributed by atoms with Gasteiger partial charge in [0.2, 0.25) is 0 Å². The molecule has 1 aromatic carbocycles. The van der Waals surface area contributed by atoms with Gasteiger partial charge in [-0.2, -0.15) is 0 Å². The zero-order valence-electron chi connectivity index (χ0n) is 12.0. The van der Waals surface area contributed by atoms with E-state index in [1.54, 1.807) is 0 Å². The van der Waals surface area contributed by atoms with Gasteiger partial charge < -0.3 is 9.88 Å². The minimum absolute atomic E-state index is 0.761. The maximum atomic E-state index is 4.33. The molecule has 2 heterocycles. The van der Waals surface area contributed by atoms with E-state index in [0.29, 0.717) is 0 Å². The molecule has 0 atom stereocenters. The van der Waals surface area contributed by atoms with Crippen LogP contribution in [0, 0.1) is 0 Å². The van der Waals surface area contributed by atoms with Gasteiger partial charge in [0.1, 0.15) is 5.82 Å². The molecule has 1 saturated heterocycles. The first-order valence-corrected chi connectivity index (χ1v) is 7.32. The van der Waals surface area contributed by atoms with Crippen LogP contribution in [0.5, 0.6) is 0 Å². The predicted molar refractivity (Wildman–Crippen MR) is 81.5 cm³/mol. The molecule has 0 amide bonds. The van der Waals surface area contributed by atoms with Crippen LogP contribution in [0.15, 0.2) is 36.7 Å². The maximum Gasteiger partial charge on any atom is 0.127 e. The summed E-state index contributed by atoms with van der Waals surface area (Å²) in [6.45, 7) is 4.31. The Morgan fingerprint density at radius 3 is 2.85 bits per heavy atom. The minimum atomic E-state index is 0.761. The average molecular weight is 270 g/mol. The molecule has 1 fully saturated rings. The topological polar surface area (TPSA) is 33.1 Å². The lowest BCUT2D eigenvalue weighted by molar-refractivity contribution is 0.331. The van der Waals surface area contributed by atoms with E-state index in [2.05, 4.69) is 39.5 Å². The summed E-state index contributed by atoms with van der Waals surface area (Å²) >= 11 is 0. The van der Waals surface area contributed by atoms with Gasteiger partial charge in [-0.3, -0.25) is 4.90 Å². The predicted octanol–water partition coefficient (Wildman–Crippen LogP) is 2.63. The summed E-state index contributed by atoms with van der Waals surface area (Å²) in [7, 11) is 2.02. The number of hydrogen-bond acceptors (Lipinski definition) is 3. The van der Waals surface area contributed by atoms with Crippen LogP contribution in [-0.2, 0) is 20.1 Å². The third-order valence-electron chi connectivity index (χ3n) is 3.90. The summed E-state index contributed by atoms with van der Waals surface area (Å²) in [6.07, 6.45) is 6.50. The van der Waals surface area contributed by atoms with Crippen molar-refractivity contribution in [3.05, 3.63) is 48.0 Å². The highest BCUT2D eigenvalue weighted by Crippen LogP contribution is 2.16. The molecule has 4 nitrogen and oxygen atoms in total. The van der Waals surface area contributed by atoms with Crippen molar-refractivity contribution in [3.63, 3.8) is 0 Å². The number of aryl methyl sites for hydroxylation is 1. The Morgan fingerprint density at radius 2 is 2.10 bits per heavy atom. The molecule has 0 aliphatic carbocycles. The van der Waals surface area contributed by atoms with Crippen LogP contribution in [-0.4, -0.2) is 27.5 Å². The molecule has 3 rings (SSSR count). The van der Waals surface area contributed by atoms with Crippen molar-refractivity contribution in [2.24, 2.45) is 7.05 Å². The zero-order chi connectivity index (χ0) is 13.8.